The van der Waals surface area contributed by atoms with Crippen LogP contribution in [0, 0.1) is 0 Å². The lowest BCUT2D eigenvalue weighted by Crippen LogP contribution is -2.41. The van der Waals surface area contributed by atoms with Gasteiger partial charge in [-0.05, 0) is 53.8 Å². The Hall–Kier alpha value is -2.64. The van der Waals surface area contributed by atoms with Gasteiger partial charge in [-0.25, -0.2) is 8.42 Å². The second-order valence-electron chi connectivity index (χ2n) is 8.97. The maximum Gasteiger partial charge on any atom is 0.264 e. The molecule has 0 aromatic heterocycles. The quantitative estimate of drug-likeness (QED) is 0.420. The number of hydrogen-bond acceptors (Lipinski definition) is 3. The third kappa shape index (κ3) is 6.24. The summed E-state index contributed by atoms with van der Waals surface area (Å²) in [7, 11) is -3.94. The van der Waals surface area contributed by atoms with Gasteiger partial charge in [0.05, 0.1) is 16.6 Å². The first kappa shape index (κ1) is 25.0. The van der Waals surface area contributed by atoms with Crippen molar-refractivity contribution < 1.29 is 13.2 Å². The molecule has 174 valence electrons. The van der Waals surface area contributed by atoms with Crippen molar-refractivity contribution in [1.82, 2.24) is 5.32 Å². The fourth-order valence-electron chi connectivity index (χ4n) is 3.44. The fraction of sp³-hybridized carbons (Fsp3) is 0.269. The van der Waals surface area contributed by atoms with Gasteiger partial charge in [0, 0.05) is 4.47 Å². The van der Waals surface area contributed by atoms with Crippen molar-refractivity contribution in [2.24, 2.45) is 0 Å². The van der Waals surface area contributed by atoms with Gasteiger partial charge in [0.2, 0.25) is 5.91 Å². The van der Waals surface area contributed by atoms with Crippen LogP contribution in [0.3, 0.4) is 0 Å². The number of nitrogens with zero attached hydrogens (tertiary/aromatic N) is 1. The van der Waals surface area contributed by atoms with Crippen molar-refractivity contribution in [2.45, 2.75) is 44.0 Å². The smallest absolute Gasteiger partial charge is 0.264 e. The predicted molar refractivity (Wildman–Crippen MR) is 137 cm³/mol. The second kappa shape index (κ2) is 10.1. The zero-order chi connectivity index (χ0) is 24.2. The van der Waals surface area contributed by atoms with E-state index in [9.17, 15) is 13.2 Å². The molecular formula is C26H29BrN2O3S. The molecule has 0 saturated carbocycles. The van der Waals surface area contributed by atoms with Crippen LogP contribution in [0.5, 0.6) is 0 Å². The average molecular weight is 530 g/mol. The summed E-state index contributed by atoms with van der Waals surface area (Å²) >= 11 is 3.39. The lowest BCUT2D eigenvalue weighted by molar-refractivity contribution is -0.120. The van der Waals surface area contributed by atoms with E-state index in [0.29, 0.717) is 5.69 Å². The zero-order valence-corrected chi connectivity index (χ0v) is 21.7. The molecule has 33 heavy (non-hydrogen) atoms. The first-order valence-corrected chi connectivity index (χ1v) is 12.9. The Bertz CT molecular complexity index is 1200. The van der Waals surface area contributed by atoms with Gasteiger partial charge in [-0.15, -0.1) is 0 Å². The Morgan fingerprint density at radius 2 is 1.61 bits per heavy atom. The number of carbonyl (C=O) groups excluding carboxylic acids is 1. The van der Waals surface area contributed by atoms with Gasteiger partial charge in [-0.2, -0.15) is 0 Å². The van der Waals surface area contributed by atoms with Crippen molar-refractivity contribution in [3.8, 4) is 0 Å². The monoisotopic (exact) mass is 528 g/mol. The van der Waals surface area contributed by atoms with E-state index in [4.69, 9.17) is 0 Å². The van der Waals surface area contributed by atoms with Gasteiger partial charge < -0.3 is 5.32 Å². The Balaban J connectivity index is 1.83. The molecule has 3 aromatic rings. The highest BCUT2D eigenvalue weighted by molar-refractivity contribution is 9.10. The molecule has 0 radical (unpaired) electrons. The highest BCUT2D eigenvalue weighted by Gasteiger charge is 2.27. The van der Waals surface area contributed by atoms with Gasteiger partial charge in [-0.3, -0.25) is 9.10 Å². The van der Waals surface area contributed by atoms with Crippen LogP contribution in [0.25, 0.3) is 0 Å². The topological polar surface area (TPSA) is 66.5 Å². The van der Waals surface area contributed by atoms with E-state index >= 15 is 0 Å². The largest absolute Gasteiger partial charge is 0.348 e. The summed E-state index contributed by atoms with van der Waals surface area (Å²) in [5, 5.41) is 2.94. The van der Waals surface area contributed by atoms with Crippen LogP contribution < -0.4 is 9.62 Å². The molecule has 0 spiro atoms. The van der Waals surface area contributed by atoms with Crippen LogP contribution in [0.2, 0.25) is 0 Å². The van der Waals surface area contributed by atoms with Crippen molar-refractivity contribution >= 4 is 37.5 Å². The number of nitrogens with one attached hydrogen (secondary N) is 1. The van der Waals surface area contributed by atoms with Gasteiger partial charge in [0.1, 0.15) is 6.54 Å². The van der Waals surface area contributed by atoms with E-state index in [1.165, 1.54) is 17.7 Å². The fourth-order valence-corrected chi connectivity index (χ4v) is 5.26. The predicted octanol–water partition coefficient (Wildman–Crippen LogP) is 5.82. The Labute approximate surface area is 205 Å². The molecule has 0 aliphatic heterocycles. The second-order valence-corrected chi connectivity index (χ2v) is 11.7. The number of rotatable bonds is 7. The van der Waals surface area contributed by atoms with E-state index in [-0.39, 0.29) is 28.8 Å². The summed E-state index contributed by atoms with van der Waals surface area (Å²) in [5.41, 5.74) is 2.61. The lowest BCUT2D eigenvalue weighted by Gasteiger charge is -2.25. The first-order valence-electron chi connectivity index (χ1n) is 10.7. The molecule has 1 unspecified atom stereocenters. The minimum atomic E-state index is -3.94. The molecule has 0 aliphatic carbocycles. The molecule has 5 nitrogen and oxygen atoms in total. The summed E-state index contributed by atoms with van der Waals surface area (Å²) in [6.07, 6.45) is 0. The Kier molecular flexibility index (Phi) is 7.65. The molecule has 7 heteroatoms. The molecule has 3 rings (SSSR count). The molecule has 0 saturated heterocycles. The SMILES string of the molecule is CC(NC(=O)CN(c1cccc(Br)c1)S(=O)(=O)c1ccccc1)c1ccc(C(C)(C)C)cc1. The number of anilines is 1. The van der Waals surface area contributed by atoms with Gasteiger partial charge >= 0.3 is 0 Å². The van der Waals surface area contributed by atoms with Crippen molar-refractivity contribution in [2.75, 3.05) is 10.8 Å². The number of amides is 1. The zero-order valence-electron chi connectivity index (χ0n) is 19.2. The third-order valence-corrected chi connectivity index (χ3v) is 7.65. The van der Waals surface area contributed by atoms with Crippen LogP contribution in [0.1, 0.15) is 44.9 Å². The summed E-state index contributed by atoms with van der Waals surface area (Å²) in [6, 6.07) is 22.9. The number of benzene rings is 3. The number of carbonyl (C=O) groups is 1. The van der Waals surface area contributed by atoms with Crippen LogP contribution in [-0.4, -0.2) is 20.9 Å². The summed E-state index contributed by atoms with van der Waals surface area (Å²) in [6.45, 7) is 8.00. The van der Waals surface area contributed by atoms with Gasteiger partial charge in [-0.1, -0.05) is 85.2 Å². The Morgan fingerprint density at radius 3 is 2.18 bits per heavy atom. The molecule has 1 atom stereocenters. The summed E-state index contributed by atoms with van der Waals surface area (Å²) < 4.78 is 28.7. The van der Waals surface area contributed by atoms with Crippen molar-refractivity contribution in [3.05, 3.63) is 94.5 Å². The molecule has 1 amide bonds. The molecule has 0 bridgehead atoms. The molecule has 0 heterocycles. The lowest BCUT2D eigenvalue weighted by atomic mass is 9.86. The van der Waals surface area contributed by atoms with Crippen molar-refractivity contribution in [3.63, 3.8) is 0 Å². The Morgan fingerprint density at radius 1 is 0.970 bits per heavy atom. The standard InChI is InChI=1S/C26H29BrN2O3S/c1-19(20-13-15-21(16-14-20)26(2,3)4)28-25(30)18-29(23-10-8-9-22(27)17-23)33(31,32)24-11-6-5-7-12-24/h5-17,19H,18H2,1-4H3,(H,28,30). The molecule has 0 aliphatic rings. The van der Waals surface area contributed by atoms with E-state index in [1.54, 1.807) is 42.5 Å². The molecule has 1 N–H and O–H groups in total. The van der Waals surface area contributed by atoms with E-state index < -0.39 is 10.0 Å². The van der Waals surface area contributed by atoms with Crippen LogP contribution >= 0.6 is 15.9 Å². The minimum absolute atomic E-state index is 0.0429. The summed E-state index contributed by atoms with van der Waals surface area (Å²) in [5.74, 6) is -0.387. The summed E-state index contributed by atoms with van der Waals surface area (Å²) in [4.78, 5) is 13.1. The third-order valence-electron chi connectivity index (χ3n) is 5.37. The molecule has 0 fully saturated rings. The molecular weight excluding hydrogens is 500 g/mol. The minimum Gasteiger partial charge on any atom is -0.348 e. The van der Waals surface area contributed by atoms with Crippen molar-refractivity contribution in [1.29, 1.82) is 0 Å². The molecule has 3 aromatic carbocycles. The van der Waals surface area contributed by atoms with Gasteiger partial charge in [0.15, 0.2) is 0 Å². The maximum absolute atomic E-state index is 13.4. The first-order chi connectivity index (χ1) is 15.5. The van der Waals surface area contributed by atoms with E-state index in [0.717, 1.165) is 14.3 Å². The van der Waals surface area contributed by atoms with Crippen LogP contribution in [0.4, 0.5) is 5.69 Å². The average Bonchev–Trinajstić information content (AvgIpc) is 2.77. The van der Waals surface area contributed by atoms with Crippen LogP contribution in [0.15, 0.2) is 88.2 Å². The van der Waals surface area contributed by atoms with E-state index in [2.05, 4.69) is 54.2 Å². The van der Waals surface area contributed by atoms with Crippen LogP contribution in [-0.2, 0) is 20.2 Å². The number of halogens is 1. The normalized spacial score (nSPS) is 12.8. The number of hydrogen-bond donors (Lipinski definition) is 1. The maximum atomic E-state index is 13.4. The van der Waals surface area contributed by atoms with E-state index in [1.807, 2.05) is 19.1 Å². The van der Waals surface area contributed by atoms with Gasteiger partial charge in [0.25, 0.3) is 10.0 Å². The highest BCUT2D eigenvalue weighted by atomic mass is 79.9. The number of sulfonamides is 1. The highest BCUT2D eigenvalue weighted by Crippen LogP contribution is 2.27.